The molecular weight excluding hydrogens is 308 g/mol. The second kappa shape index (κ2) is 5.89. The summed E-state index contributed by atoms with van der Waals surface area (Å²) in [4.78, 5) is 0. The van der Waals surface area contributed by atoms with E-state index < -0.39 is 0 Å². The van der Waals surface area contributed by atoms with E-state index in [9.17, 15) is 5.11 Å². The first-order valence-electron chi connectivity index (χ1n) is 4.77. The van der Waals surface area contributed by atoms with Gasteiger partial charge in [-0.3, -0.25) is 0 Å². The number of benzene rings is 1. The third-order valence-corrected chi connectivity index (χ3v) is 3.02. The first kappa shape index (κ1) is 12.2. The first-order valence-corrected chi connectivity index (χ1v) is 6.36. The molecule has 0 aliphatic heterocycles. The zero-order valence-corrected chi connectivity index (χ0v) is 11.3. The lowest BCUT2D eigenvalue weighted by Crippen LogP contribution is -1.97. The van der Waals surface area contributed by atoms with Crippen molar-refractivity contribution in [2.24, 2.45) is 0 Å². The van der Waals surface area contributed by atoms with Crippen molar-refractivity contribution in [1.29, 1.82) is 0 Å². The summed E-state index contributed by atoms with van der Waals surface area (Å²) in [5, 5.41) is 9.86. The van der Waals surface area contributed by atoms with Crippen LogP contribution in [0, 0.1) is 0 Å². The number of aliphatic hydroxyl groups excluding tert-OH is 1. The number of halogens is 2. The maximum atomic E-state index is 9.86. The van der Waals surface area contributed by atoms with Gasteiger partial charge in [-0.05, 0) is 30.2 Å². The van der Waals surface area contributed by atoms with E-state index in [-0.39, 0.29) is 6.10 Å². The van der Waals surface area contributed by atoms with Crippen LogP contribution in [0.1, 0.15) is 37.9 Å². The molecule has 0 aromatic heterocycles. The van der Waals surface area contributed by atoms with E-state index in [1.807, 2.05) is 18.2 Å². The van der Waals surface area contributed by atoms with Gasteiger partial charge in [0.25, 0.3) is 0 Å². The minimum Gasteiger partial charge on any atom is -0.388 e. The topological polar surface area (TPSA) is 20.2 Å². The molecule has 0 bridgehead atoms. The maximum Gasteiger partial charge on any atom is 0.0790 e. The van der Waals surface area contributed by atoms with Crippen molar-refractivity contribution in [1.82, 2.24) is 0 Å². The Hall–Kier alpha value is 0.140. The molecule has 1 unspecified atom stereocenters. The molecule has 0 saturated carbocycles. The molecule has 0 fully saturated rings. The third kappa shape index (κ3) is 3.71. The van der Waals surface area contributed by atoms with Crippen LogP contribution in [0.4, 0.5) is 0 Å². The Bertz CT molecular complexity index is 279. The molecule has 14 heavy (non-hydrogen) atoms. The van der Waals surface area contributed by atoms with E-state index in [4.69, 9.17) is 0 Å². The monoisotopic (exact) mass is 320 g/mol. The van der Waals surface area contributed by atoms with E-state index in [1.54, 1.807) is 0 Å². The Morgan fingerprint density at radius 3 is 2.29 bits per heavy atom. The van der Waals surface area contributed by atoms with Gasteiger partial charge in [-0.1, -0.05) is 51.6 Å². The molecule has 1 aromatic rings. The van der Waals surface area contributed by atoms with Gasteiger partial charge in [0, 0.05) is 8.95 Å². The fourth-order valence-electron chi connectivity index (χ4n) is 1.33. The van der Waals surface area contributed by atoms with Crippen molar-refractivity contribution < 1.29 is 5.11 Å². The molecule has 3 heteroatoms. The molecule has 78 valence electrons. The van der Waals surface area contributed by atoms with Crippen LogP contribution in [0.5, 0.6) is 0 Å². The van der Waals surface area contributed by atoms with Crippen LogP contribution < -0.4 is 0 Å². The summed E-state index contributed by atoms with van der Waals surface area (Å²) in [6.07, 6.45) is 2.67. The molecule has 0 aliphatic carbocycles. The standard InChI is InChI=1S/C11H14Br2O/c1-2-3-4-11(14)8-5-9(12)7-10(13)6-8/h5-7,11,14H,2-4H2,1H3. The van der Waals surface area contributed by atoms with Crippen molar-refractivity contribution in [3.8, 4) is 0 Å². The maximum absolute atomic E-state index is 9.86. The van der Waals surface area contributed by atoms with Crippen molar-refractivity contribution in [2.45, 2.75) is 32.3 Å². The van der Waals surface area contributed by atoms with Gasteiger partial charge in [-0.2, -0.15) is 0 Å². The van der Waals surface area contributed by atoms with E-state index >= 15 is 0 Å². The highest BCUT2D eigenvalue weighted by atomic mass is 79.9. The smallest absolute Gasteiger partial charge is 0.0790 e. The summed E-state index contributed by atoms with van der Waals surface area (Å²) >= 11 is 6.82. The van der Waals surface area contributed by atoms with Crippen LogP contribution in [-0.2, 0) is 0 Å². The zero-order valence-electron chi connectivity index (χ0n) is 8.13. The van der Waals surface area contributed by atoms with Gasteiger partial charge in [0.2, 0.25) is 0 Å². The van der Waals surface area contributed by atoms with Crippen molar-refractivity contribution in [3.05, 3.63) is 32.7 Å². The molecule has 1 aromatic carbocycles. The Morgan fingerprint density at radius 2 is 1.79 bits per heavy atom. The Kier molecular flexibility index (Phi) is 5.13. The lowest BCUT2D eigenvalue weighted by Gasteiger charge is -2.11. The Balaban J connectivity index is 2.73. The summed E-state index contributed by atoms with van der Waals surface area (Å²) in [6, 6.07) is 5.90. The van der Waals surface area contributed by atoms with Crippen molar-refractivity contribution >= 4 is 31.9 Å². The molecule has 0 radical (unpaired) electrons. The Morgan fingerprint density at radius 1 is 1.21 bits per heavy atom. The highest BCUT2D eigenvalue weighted by Crippen LogP contribution is 2.26. The van der Waals surface area contributed by atoms with E-state index in [1.165, 1.54) is 0 Å². The average Bonchev–Trinajstić information content (AvgIpc) is 2.12. The van der Waals surface area contributed by atoms with E-state index in [2.05, 4.69) is 38.8 Å². The molecule has 0 heterocycles. The van der Waals surface area contributed by atoms with Crippen LogP contribution in [-0.4, -0.2) is 5.11 Å². The predicted octanol–water partition coefficient (Wildman–Crippen LogP) is 4.44. The summed E-state index contributed by atoms with van der Waals surface area (Å²) in [7, 11) is 0. The molecule has 1 atom stereocenters. The third-order valence-electron chi connectivity index (χ3n) is 2.10. The number of unbranched alkanes of at least 4 members (excludes halogenated alkanes) is 1. The minimum absolute atomic E-state index is 0.344. The molecule has 0 spiro atoms. The quantitative estimate of drug-likeness (QED) is 0.869. The molecule has 1 rings (SSSR count). The Labute approximate surface area is 102 Å². The predicted molar refractivity (Wildman–Crippen MR) is 66.3 cm³/mol. The average molecular weight is 322 g/mol. The fourth-order valence-corrected chi connectivity index (χ4v) is 2.66. The number of rotatable bonds is 4. The summed E-state index contributed by atoms with van der Waals surface area (Å²) in [6.45, 7) is 2.13. The largest absolute Gasteiger partial charge is 0.388 e. The van der Waals surface area contributed by atoms with Crippen LogP contribution in [0.15, 0.2) is 27.1 Å². The second-order valence-electron chi connectivity index (χ2n) is 3.36. The van der Waals surface area contributed by atoms with Crippen LogP contribution in [0.3, 0.4) is 0 Å². The fraction of sp³-hybridized carbons (Fsp3) is 0.455. The molecule has 0 amide bonds. The van der Waals surface area contributed by atoms with E-state index in [0.29, 0.717) is 0 Å². The van der Waals surface area contributed by atoms with Gasteiger partial charge >= 0.3 is 0 Å². The zero-order chi connectivity index (χ0) is 10.6. The second-order valence-corrected chi connectivity index (χ2v) is 5.19. The number of aliphatic hydroxyl groups is 1. The van der Waals surface area contributed by atoms with Crippen molar-refractivity contribution in [3.63, 3.8) is 0 Å². The van der Waals surface area contributed by atoms with Gasteiger partial charge in [-0.25, -0.2) is 0 Å². The highest BCUT2D eigenvalue weighted by Gasteiger charge is 2.08. The van der Waals surface area contributed by atoms with Crippen LogP contribution in [0.2, 0.25) is 0 Å². The summed E-state index contributed by atoms with van der Waals surface area (Å²) < 4.78 is 2.00. The molecule has 1 nitrogen and oxygen atoms in total. The molecule has 0 aliphatic rings. The van der Waals surface area contributed by atoms with Gasteiger partial charge in [0.1, 0.15) is 0 Å². The highest BCUT2D eigenvalue weighted by molar-refractivity contribution is 9.11. The normalized spacial score (nSPS) is 12.9. The van der Waals surface area contributed by atoms with Gasteiger partial charge < -0.3 is 5.11 Å². The first-order chi connectivity index (χ1) is 6.63. The van der Waals surface area contributed by atoms with Crippen LogP contribution >= 0.6 is 31.9 Å². The number of hydrogen-bond acceptors (Lipinski definition) is 1. The molecule has 0 saturated heterocycles. The van der Waals surface area contributed by atoms with Gasteiger partial charge in [0.15, 0.2) is 0 Å². The summed E-state index contributed by atoms with van der Waals surface area (Å²) in [5.74, 6) is 0. The SMILES string of the molecule is CCCCC(O)c1cc(Br)cc(Br)c1. The van der Waals surface area contributed by atoms with E-state index in [0.717, 1.165) is 33.8 Å². The van der Waals surface area contributed by atoms with Gasteiger partial charge in [0.05, 0.1) is 6.10 Å². The van der Waals surface area contributed by atoms with Crippen LogP contribution in [0.25, 0.3) is 0 Å². The lowest BCUT2D eigenvalue weighted by atomic mass is 10.0. The lowest BCUT2D eigenvalue weighted by molar-refractivity contribution is 0.164. The molecular formula is C11H14Br2O. The molecule has 1 N–H and O–H groups in total. The van der Waals surface area contributed by atoms with Gasteiger partial charge in [-0.15, -0.1) is 0 Å². The summed E-state index contributed by atoms with van der Waals surface area (Å²) in [5.41, 5.74) is 0.972. The number of hydrogen-bond donors (Lipinski definition) is 1. The van der Waals surface area contributed by atoms with Crippen molar-refractivity contribution in [2.75, 3.05) is 0 Å². The minimum atomic E-state index is -0.344.